The number of piperazine rings is 1. The molecule has 0 radical (unpaired) electrons. The van der Waals surface area contributed by atoms with Crippen molar-refractivity contribution in [1.82, 2.24) is 19.7 Å². The highest BCUT2D eigenvalue weighted by Gasteiger charge is 2.27. The first kappa shape index (κ1) is 28.7. The van der Waals surface area contributed by atoms with Gasteiger partial charge in [0.25, 0.3) is 11.8 Å². The number of aliphatic hydroxyl groups excluding tert-OH is 1. The average molecular weight is 560 g/mol. The van der Waals surface area contributed by atoms with E-state index in [1.807, 2.05) is 68.1 Å². The fourth-order valence-corrected chi connectivity index (χ4v) is 5.65. The normalized spacial score (nSPS) is 18.4. The maximum atomic E-state index is 13.5. The van der Waals surface area contributed by atoms with Crippen LogP contribution in [0.2, 0.25) is 0 Å². The van der Waals surface area contributed by atoms with E-state index in [1.165, 1.54) is 0 Å². The number of aryl methyl sites for hydroxylation is 2. The van der Waals surface area contributed by atoms with Crippen molar-refractivity contribution in [1.29, 1.82) is 0 Å². The number of hydrogen-bond donors (Lipinski definition) is 2. The standard InChI is InChI=1S/C32H41N5O4/c1-21-6-7-26(36-12-10-34(3)11-13-36)18-29(21)31(39)33-22(2)23-14-24(16-28(15-23)41-5)25-17-30(35(4)19-25)32(40)37-9-8-27(38)20-37/h6-7,14-19,22,27,38H,8-13,20H2,1-5H3,(H,33,39)/t22-,27-/m1/s1. The molecule has 2 aliphatic rings. The molecule has 9 nitrogen and oxygen atoms in total. The monoisotopic (exact) mass is 559 g/mol. The highest BCUT2D eigenvalue weighted by atomic mass is 16.5. The molecule has 9 heteroatoms. The van der Waals surface area contributed by atoms with Gasteiger partial charge >= 0.3 is 0 Å². The van der Waals surface area contributed by atoms with Gasteiger partial charge in [0.15, 0.2) is 0 Å². The summed E-state index contributed by atoms with van der Waals surface area (Å²) in [6.45, 7) is 8.73. The van der Waals surface area contributed by atoms with Crippen molar-refractivity contribution < 1.29 is 19.4 Å². The Hall–Kier alpha value is -3.82. The van der Waals surface area contributed by atoms with Crippen LogP contribution in [0.1, 0.15) is 51.4 Å². The van der Waals surface area contributed by atoms with E-state index in [0.29, 0.717) is 36.5 Å². The molecule has 41 heavy (non-hydrogen) atoms. The number of likely N-dealkylation sites (N-methyl/N-ethyl adjacent to an activating group) is 1. The number of aromatic nitrogens is 1. The Labute approximate surface area is 242 Å². The quantitative estimate of drug-likeness (QED) is 0.461. The maximum Gasteiger partial charge on any atom is 0.270 e. The third-order valence-electron chi connectivity index (χ3n) is 8.35. The van der Waals surface area contributed by atoms with Crippen molar-refractivity contribution in [2.45, 2.75) is 32.4 Å². The maximum absolute atomic E-state index is 13.5. The Kier molecular flexibility index (Phi) is 8.37. The molecule has 0 aliphatic carbocycles. The van der Waals surface area contributed by atoms with E-state index in [9.17, 15) is 14.7 Å². The van der Waals surface area contributed by atoms with Gasteiger partial charge in [-0.3, -0.25) is 9.59 Å². The number of amides is 2. The van der Waals surface area contributed by atoms with Gasteiger partial charge in [-0.05, 0) is 80.4 Å². The van der Waals surface area contributed by atoms with Gasteiger partial charge in [-0.2, -0.15) is 0 Å². The number of rotatable bonds is 7. The summed E-state index contributed by atoms with van der Waals surface area (Å²) in [4.78, 5) is 32.9. The van der Waals surface area contributed by atoms with Crippen LogP contribution in [0, 0.1) is 6.92 Å². The lowest BCUT2D eigenvalue weighted by Gasteiger charge is -2.34. The summed E-state index contributed by atoms with van der Waals surface area (Å²) in [6, 6.07) is 13.6. The molecule has 0 saturated carbocycles. The van der Waals surface area contributed by atoms with Gasteiger partial charge in [-0.25, -0.2) is 0 Å². The predicted octanol–water partition coefficient (Wildman–Crippen LogP) is 3.46. The molecular formula is C32H41N5O4. The van der Waals surface area contributed by atoms with Crippen molar-refractivity contribution in [2.24, 2.45) is 7.05 Å². The number of ether oxygens (including phenoxy) is 1. The lowest BCUT2D eigenvalue weighted by molar-refractivity contribution is 0.0755. The number of carbonyl (C=O) groups is 2. The number of anilines is 1. The molecule has 2 amide bonds. The summed E-state index contributed by atoms with van der Waals surface area (Å²) in [7, 11) is 5.61. The molecule has 218 valence electrons. The minimum Gasteiger partial charge on any atom is -0.497 e. The van der Waals surface area contributed by atoms with Crippen LogP contribution in [-0.4, -0.2) is 90.8 Å². The number of hydrogen-bond acceptors (Lipinski definition) is 6. The topological polar surface area (TPSA) is 90.3 Å². The number of benzene rings is 2. The third-order valence-corrected chi connectivity index (χ3v) is 8.35. The minimum absolute atomic E-state index is 0.0896. The van der Waals surface area contributed by atoms with Crippen LogP contribution in [0.15, 0.2) is 48.7 Å². The third kappa shape index (κ3) is 6.26. The van der Waals surface area contributed by atoms with Crippen LogP contribution < -0.4 is 15.0 Å². The van der Waals surface area contributed by atoms with Crippen molar-refractivity contribution in [3.63, 3.8) is 0 Å². The zero-order chi connectivity index (χ0) is 29.3. The van der Waals surface area contributed by atoms with Crippen molar-refractivity contribution in [3.8, 4) is 16.9 Å². The molecule has 2 aliphatic heterocycles. The number of nitrogens with one attached hydrogen (secondary N) is 1. The zero-order valence-electron chi connectivity index (χ0n) is 24.7. The Balaban J connectivity index is 1.35. The van der Waals surface area contributed by atoms with E-state index in [2.05, 4.69) is 28.2 Å². The second-order valence-electron chi connectivity index (χ2n) is 11.4. The van der Waals surface area contributed by atoms with Crippen molar-refractivity contribution in [2.75, 3.05) is 58.3 Å². The van der Waals surface area contributed by atoms with Gasteiger partial charge in [0.05, 0.1) is 19.3 Å². The average Bonchev–Trinajstić information content (AvgIpc) is 3.58. The van der Waals surface area contributed by atoms with Crippen LogP contribution in [0.3, 0.4) is 0 Å². The van der Waals surface area contributed by atoms with Gasteiger partial charge in [0.1, 0.15) is 11.4 Å². The molecule has 2 atom stereocenters. The zero-order valence-corrected chi connectivity index (χ0v) is 24.7. The molecule has 5 rings (SSSR count). The molecule has 0 spiro atoms. The van der Waals surface area contributed by atoms with E-state index < -0.39 is 6.10 Å². The number of likely N-dealkylation sites (tertiary alicyclic amines) is 1. The van der Waals surface area contributed by atoms with Gasteiger partial charge < -0.3 is 34.4 Å². The molecule has 2 N–H and O–H groups in total. The van der Waals surface area contributed by atoms with Crippen LogP contribution in [-0.2, 0) is 7.05 Å². The summed E-state index contributed by atoms with van der Waals surface area (Å²) in [5.41, 5.74) is 5.92. The van der Waals surface area contributed by atoms with Crippen LogP contribution in [0.4, 0.5) is 5.69 Å². The molecule has 0 bridgehead atoms. The second-order valence-corrected chi connectivity index (χ2v) is 11.4. The summed E-state index contributed by atoms with van der Waals surface area (Å²) >= 11 is 0. The second kappa shape index (κ2) is 12.0. The highest BCUT2D eigenvalue weighted by Crippen LogP contribution is 2.31. The smallest absolute Gasteiger partial charge is 0.270 e. The first-order valence-corrected chi connectivity index (χ1v) is 14.3. The molecule has 2 saturated heterocycles. The fraction of sp³-hybridized carbons (Fsp3) is 0.438. The Morgan fingerprint density at radius 1 is 1.00 bits per heavy atom. The van der Waals surface area contributed by atoms with E-state index in [-0.39, 0.29) is 17.9 Å². The molecule has 2 fully saturated rings. The van der Waals surface area contributed by atoms with Crippen LogP contribution in [0.5, 0.6) is 5.75 Å². The fourth-order valence-electron chi connectivity index (χ4n) is 5.65. The van der Waals surface area contributed by atoms with E-state index in [0.717, 1.165) is 54.1 Å². The number of methoxy groups -OCH3 is 1. The first-order valence-electron chi connectivity index (χ1n) is 14.3. The van der Waals surface area contributed by atoms with E-state index in [1.54, 1.807) is 12.0 Å². The highest BCUT2D eigenvalue weighted by molar-refractivity contribution is 5.97. The molecule has 3 heterocycles. The van der Waals surface area contributed by atoms with Gasteiger partial charge in [0.2, 0.25) is 0 Å². The van der Waals surface area contributed by atoms with Crippen molar-refractivity contribution >= 4 is 17.5 Å². The molecule has 0 unspecified atom stereocenters. The summed E-state index contributed by atoms with van der Waals surface area (Å²) < 4.78 is 7.43. The Morgan fingerprint density at radius 3 is 2.44 bits per heavy atom. The number of β-amino-alcohol motifs (C(OH)–C–C–N with tert-alkyl or cyclic N) is 1. The van der Waals surface area contributed by atoms with E-state index >= 15 is 0 Å². The number of nitrogens with zero attached hydrogens (tertiary/aromatic N) is 4. The van der Waals surface area contributed by atoms with E-state index in [4.69, 9.17) is 4.74 Å². The first-order chi connectivity index (χ1) is 19.6. The molecule has 2 aromatic carbocycles. The summed E-state index contributed by atoms with van der Waals surface area (Å²) in [5.74, 6) is 0.468. The summed E-state index contributed by atoms with van der Waals surface area (Å²) in [5, 5.41) is 13.1. The number of aliphatic hydroxyl groups is 1. The van der Waals surface area contributed by atoms with Crippen molar-refractivity contribution in [3.05, 3.63) is 71.0 Å². The lowest BCUT2D eigenvalue weighted by Crippen LogP contribution is -2.44. The molecule has 3 aromatic rings. The predicted molar refractivity (Wildman–Crippen MR) is 161 cm³/mol. The van der Waals surface area contributed by atoms with Crippen LogP contribution in [0.25, 0.3) is 11.1 Å². The van der Waals surface area contributed by atoms with Crippen LogP contribution >= 0.6 is 0 Å². The van der Waals surface area contributed by atoms with Gasteiger partial charge in [0, 0.05) is 69.3 Å². The van der Waals surface area contributed by atoms with Gasteiger partial charge in [-0.1, -0.05) is 6.07 Å². The Bertz CT molecular complexity index is 1430. The molecule has 1 aromatic heterocycles. The lowest BCUT2D eigenvalue weighted by atomic mass is 10.00. The minimum atomic E-state index is -0.464. The Morgan fingerprint density at radius 2 is 1.76 bits per heavy atom. The number of carbonyl (C=O) groups excluding carboxylic acids is 2. The summed E-state index contributed by atoms with van der Waals surface area (Å²) in [6.07, 6.45) is 2.06. The molecular weight excluding hydrogens is 518 g/mol. The van der Waals surface area contributed by atoms with Gasteiger partial charge in [-0.15, -0.1) is 0 Å². The SMILES string of the molecule is COc1cc(-c2cc(C(=O)N3CC[C@@H](O)C3)n(C)c2)cc([C@@H](C)NC(=O)c2cc(N3CCN(C)CC3)ccc2C)c1. The largest absolute Gasteiger partial charge is 0.497 e.